The standard InChI is InChI=1S/C9H20N2O4P2.C9H26N2O2P6.C9H22N2O2P2.C8H16N2O4.C8H18N2O2/c1-9(2,11(14)15)6-4-5-7(8(12)13)10(3)17-16;1-9(2,10)6-4-5-7(11(3)17-14)8(12)13-19(16)18-15;1-8(10(4)15-14)6-5-7-9(2,3)11(12)13;1-8(2,10(13)14)5-3-4-6(9)7(11)12;1-7(9)5-4-6-8(2,3)10(11)12/h7,17H,4-6,16H2,1-3H3,(H,12,13);7,17-18H,4-6,10,14-16H2,1-3H3;8,15H,5-7,14H2,1-4H3;6H,3-5,9H2,1-2H3,(H,11,12);7H,4-6,9H2,1-3H3. The van der Waals surface area contributed by atoms with E-state index in [1.165, 1.54) is 13.8 Å². The lowest BCUT2D eigenvalue weighted by molar-refractivity contribution is -0.561. The summed E-state index contributed by atoms with van der Waals surface area (Å²) in [7, 11) is 20.3. The molecule has 458 valence electrons. The van der Waals surface area contributed by atoms with E-state index in [0.29, 0.717) is 75.8 Å². The van der Waals surface area contributed by atoms with E-state index in [1.54, 1.807) is 53.3 Å². The first-order valence-electron chi connectivity index (χ1n) is 25.0. The molecule has 34 heteroatoms. The number of nitrogens with two attached hydrogens (primary N) is 3. The Morgan fingerprint density at radius 3 is 1.17 bits per heavy atom. The monoisotopic (exact) mass is 1290 g/mol. The Labute approximate surface area is 480 Å². The van der Waals surface area contributed by atoms with Crippen molar-refractivity contribution in [1.29, 1.82) is 0 Å². The molecule has 0 aromatic heterocycles. The minimum absolute atomic E-state index is 0.108. The number of carboxylic acid groups (broad SMARTS) is 2. The van der Waals surface area contributed by atoms with E-state index in [4.69, 9.17) is 31.9 Å². The first-order valence-corrected chi connectivity index (χ1v) is 39.8. The fourth-order valence-corrected chi connectivity index (χ4v) is 10.7. The largest absolute Gasteiger partial charge is 0.480 e. The Bertz CT molecular complexity index is 1710. The van der Waals surface area contributed by atoms with Crippen molar-refractivity contribution in [3.8, 4) is 0 Å². The van der Waals surface area contributed by atoms with Crippen LogP contribution in [0.1, 0.15) is 179 Å². The zero-order valence-electron chi connectivity index (χ0n) is 48.5. The van der Waals surface area contributed by atoms with Crippen molar-refractivity contribution >= 4 is 103 Å². The van der Waals surface area contributed by atoms with E-state index in [-0.39, 0.29) is 49.7 Å². The molecule has 77 heavy (non-hydrogen) atoms. The summed E-state index contributed by atoms with van der Waals surface area (Å²) in [6.45, 7) is 20.9. The van der Waals surface area contributed by atoms with Gasteiger partial charge in [0.2, 0.25) is 22.2 Å². The Kier molecular flexibility index (Phi) is 49.7. The van der Waals surface area contributed by atoms with E-state index >= 15 is 0 Å². The summed E-state index contributed by atoms with van der Waals surface area (Å²) in [6.07, 6.45) is 9.91. The molecular weight excluding hydrogens is 1190 g/mol. The molecule has 0 aliphatic rings. The fraction of sp³-hybridized carbons (Fsp3) is 0.930. The quantitative estimate of drug-likeness (QED) is 0.0223. The first kappa shape index (κ1) is 85.9. The van der Waals surface area contributed by atoms with Gasteiger partial charge >= 0.3 is 17.9 Å². The van der Waals surface area contributed by atoms with Crippen molar-refractivity contribution in [3.63, 3.8) is 0 Å². The molecule has 0 rings (SSSR count). The van der Waals surface area contributed by atoms with Gasteiger partial charge in [-0.05, 0) is 153 Å². The van der Waals surface area contributed by atoms with Crippen LogP contribution in [0.3, 0.4) is 0 Å². The number of likely N-dealkylation sites (N-methyl/N-ethyl adjacent to an activating group) is 2. The summed E-state index contributed by atoms with van der Waals surface area (Å²) in [5.41, 5.74) is 13.0. The van der Waals surface area contributed by atoms with E-state index in [2.05, 4.69) is 63.3 Å². The molecule has 0 aromatic rings. The predicted molar refractivity (Wildman–Crippen MR) is 344 cm³/mol. The summed E-state index contributed by atoms with van der Waals surface area (Å²) >= 11 is 0. The highest BCUT2D eigenvalue weighted by molar-refractivity contribution is 8.59. The van der Waals surface area contributed by atoms with Crippen LogP contribution < -0.4 is 17.2 Å². The second-order valence-corrected chi connectivity index (χ2v) is 35.6. The normalized spacial score (nSPS) is 14.9. The fourth-order valence-electron chi connectivity index (χ4n) is 6.05. The number of nitrogens with zero attached hydrogens (tertiary/aromatic N) is 7. The lowest BCUT2D eigenvalue weighted by Crippen LogP contribution is -2.35. The van der Waals surface area contributed by atoms with Crippen LogP contribution in [0.4, 0.5) is 0 Å². The van der Waals surface area contributed by atoms with Gasteiger partial charge in [-0.2, -0.15) is 0 Å². The van der Waals surface area contributed by atoms with Crippen molar-refractivity contribution in [1.82, 2.24) is 14.0 Å². The minimum Gasteiger partial charge on any atom is -0.480 e. The van der Waals surface area contributed by atoms with Gasteiger partial charge in [-0.1, -0.05) is 35.7 Å². The van der Waals surface area contributed by atoms with E-state index in [9.17, 15) is 54.8 Å². The number of hydrogen-bond acceptors (Lipinski definition) is 18. The van der Waals surface area contributed by atoms with E-state index in [0.717, 1.165) is 53.4 Å². The second kappa shape index (κ2) is 44.6. The van der Waals surface area contributed by atoms with Crippen LogP contribution in [0.2, 0.25) is 0 Å². The highest BCUT2D eigenvalue weighted by atomic mass is 32.6. The van der Waals surface area contributed by atoms with Gasteiger partial charge < -0.3 is 31.9 Å². The molecule has 15 unspecified atom stereocenters. The average molecular weight is 1290 g/mol. The average Bonchev–Trinajstić information content (AvgIpc) is 3.30. The molecule has 0 amide bonds. The van der Waals surface area contributed by atoms with Crippen LogP contribution in [-0.2, 0) is 18.9 Å². The van der Waals surface area contributed by atoms with Crippen molar-refractivity contribution in [2.24, 2.45) is 17.2 Å². The summed E-state index contributed by atoms with van der Waals surface area (Å²) in [5, 5.41) is 59.8. The van der Waals surface area contributed by atoms with Crippen molar-refractivity contribution < 1.29 is 48.8 Å². The molecule has 0 aliphatic carbocycles. The van der Waals surface area contributed by atoms with Crippen LogP contribution in [-0.4, -0.2) is 141 Å². The zero-order chi connectivity index (χ0) is 61.9. The smallest absolute Gasteiger partial charge is 0.326 e. The molecule has 0 saturated heterocycles. The second-order valence-electron chi connectivity index (χ2n) is 22.0. The summed E-state index contributed by atoms with van der Waals surface area (Å²) in [4.78, 5) is 74.8. The molecule has 0 aliphatic heterocycles. The highest BCUT2D eigenvalue weighted by Gasteiger charge is 2.33. The minimum atomic E-state index is -1.07. The van der Waals surface area contributed by atoms with E-state index < -0.39 is 53.7 Å². The molecule has 24 nitrogen and oxygen atoms in total. The highest BCUT2D eigenvalue weighted by Crippen LogP contribution is 2.66. The summed E-state index contributed by atoms with van der Waals surface area (Å²) in [5.74, 6) is -2.05. The molecule has 0 heterocycles. The molecule has 0 aromatic carbocycles. The molecule has 0 fully saturated rings. The summed E-state index contributed by atoms with van der Waals surface area (Å²) < 4.78 is 11.5. The van der Waals surface area contributed by atoms with Gasteiger partial charge in [0, 0.05) is 118 Å². The first-order chi connectivity index (χ1) is 34.9. The number of carbonyl (C=O) groups is 3. The molecule has 0 radical (unpaired) electrons. The maximum atomic E-state index is 12.2. The molecular formula is C43H102N10O14P10. The third-order valence-electron chi connectivity index (χ3n) is 12.1. The van der Waals surface area contributed by atoms with Crippen LogP contribution in [0.25, 0.3) is 0 Å². The van der Waals surface area contributed by atoms with Crippen LogP contribution >= 0.6 is 85.4 Å². The molecule has 0 bridgehead atoms. The third kappa shape index (κ3) is 46.2. The number of aliphatic carboxylic acids is 2. The van der Waals surface area contributed by atoms with Crippen LogP contribution in [0.15, 0.2) is 0 Å². The van der Waals surface area contributed by atoms with Gasteiger partial charge in [0.05, 0.1) is 0 Å². The Morgan fingerprint density at radius 2 is 0.870 bits per heavy atom. The molecule has 0 saturated carbocycles. The molecule has 0 spiro atoms. The number of carboxylic acids is 2. The summed E-state index contributed by atoms with van der Waals surface area (Å²) in [6, 6.07) is -0.994. The molecule has 8 N–H and O–H groups in total. The Hall–Kier alpha value is 0.0700. The van der Waals surface area contributed by atoms with Gasteiger partial charge in [0.15, 0.2) is 0 Å². The van der Waals surface area contributed by atoms with Gasteiger partial charge in [0.25, 0.3) is 0 Å². The van der Waals surface area contributed by atoms with E-state index in [1.807, 2.05) is 32.5 Å². The van der Waals surface area contributed by atoms with Gasteiger partial charge in [0.1, 0.15) is 25.7 Å². The van der Waals surface area contributed by atoms with Gasteiger partial charge in [-0.25, -0.2) is 0 Å². The lowest BCUT2D eigenvalue weighted by Gasteiger charge is -2.27. The number of carbonyl (C=O) groups excluding carboxylic acids is 1. The third-order valence-corrected chi connectivity index (χ3v) is 26.4. The maximum absolute atomic E-state index is 12.2. The van der Waals surface area contributed by atoms with Crippen LogP contribution in [0, 0.1) is 40.5 Å². The SMILES string of the molecule is CC(C)(CCCC(N)C(=O)O)[N+](=O)[O-].CC(CCCC(C)(C)[N+](=O)[O-])N(C)PP.CC(N)CCCC(C)(C)[N+](=O)[O-].CN(PP)C(CCCC(C)(C)N)C(=O)OP(P)PP.CN(PP)C(CCCC(C)(C)[N+](=O)[O-])C(=O)O. The number of nitro groups is 4. The topological polar surface area (TPSA) is 361 Å². The van der Waals surface area contributed by atoms with Gasteiger partial charge in [-0.15, -0.1) is 8.93 Å². The molecule has 15 atom stereocenters. The van der Waals surface area contributed by atoms with Crippen molar-refractivity contribution in [3.05, 3.63) is 40.5 Å². The van der Waals surface area contributed by atoms with Crippen molar-refractivity contribution in [2.75, 3.05) is 21.1 Å². The lowest BCUT2D eigenvalue weighted by atomic mass is 9.96. The Morgan fingerprint density at radius 1 is 0.558 bits per heavy atom. The maximum Gasteiger partial charge on any atom is 0.326 e. The zero-order valence-corrected chi connectivity index (χ0v) is 59.2. The Balaban J connectivity index is -0.000000283. The predicted octanol–water partition coefficient (Wildman–Crippen LogP) is 10.8. The number of rotatable bonds is 35. The van der Waals surface area contributed by atoms with Crippen molar-refractivity contribution in [2.45, 2.75) is 237 Å². The number of hydrogen-bond donors (Lipinski definition) is 5. The van der Waals surface area contributed by atoms with Crippen LogP contribution in [0.5, 0.6) is 0 Å². The van der Waals surface area contributed by atoms with Gasteiger partial charge in [-0.3, -0.25) is 68.9 Å².